The van der Waals surface area contributed by atoms with Gasteiger partial charge in [-0.2, -0.15) is 0 Å². The van der Waals surface area contributed by atoms with Crippen LogP contribution < -0.4 is 4.90 Å². The second kappa shape index (κ2) is 14.7. The van der Waals surface area contributed by atoms with Gasteiger partial charge in [0.25, 0.3) is 0 Å². The van der Waals surface area contributed by atoms with Gasteiger partial charge in [0.05, 0.1) is 27.6 Å². The van der Waals surface area contributed by atoms with E-state index in [1.165, 1.54) is 66.3 Å². The first-order chi connectivity index (χ1) is 30.9. The zero-order valence-electron chi connectivity index (χ0n) is 38.0. The molecule has 4 heterocycles. The highest BCUT2D eigenvalue weighted by Gasteiger charge is 2.57. The molecule has 314 valence electrons. The number of benzene rings is 7. The maximum atomic E-state index is 6.07. The fourth-order valence-electron chi connectivity index (χ4n) is 11.0. The number of anilines is 1. The van der Waals surface area contributed by atoms with Crippen LogP contribution in [0.25, 0.3) is 55.1 Å². The molecule has 1 aliphatic rings. The Morgan fingerprint density at radius 3 is 1.75 bits per heavy atom. The minimum absolute atomic E-state index is 0.0169. The van der Waals surface area contributed by atoms with E-state index in [0.29, 0.717) is 0 Å². The van der Waals surface area contributed by atoms with Crippen molar-refractivity contribution in [2.45, 2.75) is 72.4 Å². The summed E-state index contributed by atoms with van der Waals surface area (Å²) in [5.41, 5.74) is 16.5. The SMILES string of the molecule is Cc1cc(C2=N[C@](C)(C(c3ccccc3)c3ccccc3)C(C)(C)N2c2c(C)cccc2C)cc(-n2c3ccc(C)cc3c3ccc(-n4c5ccc(C)cc5c5cccnc54)cc32)c1. The predicted molar refractivity (Wildman–Crippen MR) is 269 cm³/mol. The molecule has 0 unspecified atom stereocenters. The highest BCUT2D eigenvalue weighted by atomic mass is 15.3. The minimum Gasteiger partial charge on any atom is -0.318 e. The molecule has 5 nitrogen and oxygen atoms in total. The third-order valence-electron chi connectivity index (χ3n) is 14.3. The highest BCUT2D eigenvalue weighted by molar-refractivity contribution is 6.15. The molecule has 64 heavy (non-hydrogen) atoms. The van der Waals surface area contributed by atoms with Gasteiger partial charge in [-0.1, -0.05) is 108 Å². The van der Waals surface area contributed by atoms with Crippen LogP contribution in [-0.4, -0.2) is 31.0 Å². The van der Waals surface area contributed by atoms with Crippen LogP contribution in [0.4, 0.5) is 5.69 Å². The topological polar surface area (TPSA) is 38.4 Å². The van der Waals surface area contributed by atoms with Crippen molar-refractivity contribution in [1.29, 1.82) is 0 Å². The zero-order valence-corrected chi connectivity index (χ0v) is 38.0. The van der Waals surface area contributed by atoms with Crippen LogP contribution in [0.5, 0.6) is 0 Å². The number of aliphatic imine (C=N–C) groups is 1. The van der Waals surface area contributed by atoms with Gasteiger partial charge in [0.2, 0.25) is 0 Å². The molecule has 0 amide bonds. The van der Waals surface area contributed by atoms with Gasteiger partial charge in [-0.05, 0) is 150 Å². The molecule has 0 bridgehead atoms. The molecule has 7 aromatic carbocycles. The predicted octanol–water partition coefficient (Wildman–Crippen LogP) is 14.5. The van der Waals surface area contributed by atoms with Crippen molar-refractivity contribution in [3.8, 4) is 11.4 Å². The molecule has 3 aromatic heterocycles. The number of aromatic nitrogens is 3. The smallest absolute Gasteiger partial charge is 0.145 e. The lowest BCUT2D eigenvalue weighted by Crippen LogP contribution is -2.57. The van der Waals surface area contributed by atoms with E-state index in [9.17, 15) is 0 Å². The first kappa shape index (κ1) is 39.6. The summed E-state index contributed by atoms with van der Waals surface area (Å²) >= 11 is 0. The Balaban J connectivity index is 1.17. The lowest BCUT2D eigenvalue weighted by molar-refractivity contribution is 0.279. The molecule has 0 N–H and O–H groups in total. The van der Waals surface area contributed by atoms with Crippen LogP contribution in [0.2, 0.25) is 0 Å². The monoisotopic (exact) mass is 831 g/mol. The van der Waals surface area contributed by atoms with Crippen LogP contribution in [0.3, 0.4) is 0 Å². The van der Waals surface area contributed by atoms with Gasteiger partial charge in [0.15, 0.2) is 0 Å². The van der Waals surface area contributed by atoms with Crippen molar-refractivity contribution in [3.05, 3.63) is 214 Å². The minimum atomic E-state index is -0.585. The number of aryl methyl sites for hydroxylation is 5. The Kier molecular flexibility index (Phi) is 9.08. The molecule has 5 heteroatoms. The van der Waals surface area contributed by atoms with Gasteiger partial charge in [-0.3, -0.25) is 9.56 Å². The van der Waals surface area contributed by atoms with Crippen molar-refractivity contribution < 1.29 is 0 Å². The molecule has 0 saturated carbocycles. The van der Waals surface area contributed by atoms with Crippen LogP contribution >= 0.6 is 0 Å². The van der Waals surface area contributed by atoms with Crippen molar-refractivity contribution in [2.75, 3.05) is 4.90 Å². The second-order valence-electron chi connectivity index (χ2n) is 18.8. The average Bonchev–Trinajstić information content (AvgIpc) is 3.86. The summed E-state index contributed by atoms with van der Waals surface area (Å²) < 4.78 is 4.79. The number of amidine groups is 1. The van der Waals surface area contributed by atoms with Crippen LogP contribution in [-0.2, 0) is 0 Å². The normalized spacial score (nSPS) is 16.2. The number of pyridine rings is 1. The number of hydrogen-bond acceptors (Lipinski definition) is 3. The van der Waals surface area contributed by atoms with Crippen molar-refractivity contribution in [1.82, 2.24) is 14.1 Å². The Hall–Kier alpha value is -7.24. The van der Waals surface area contributed by atoms with Gasteiger partial charge in [-0.15, -0.1) is 0 Å². The third-order valence-corrected chi connectivity index (χ3v) is 14.3. The molecule has 1 aliphatic heterocycles. The van der Waals surface area contributed by atoms with E-state index >= 15 is 0 Å². The molecule has 1 atom stereocenters. The van der Waals surface area contributed by atoms with Crippen LogP contribution in [0, 0.1) is 34.6 Å². The van der Waals surface area contributed by atoms with E-state index in [-0.39, 0.29) is 5.92 Å². The second-order valence-corrected chi connectivity index (χ2v) is 18.8. The van der Waals surface area contributed by atoms with Crippen molar-refractivity contribution >= 4 is 55.3 Å². The molecule has 0 radical (unpaired) electrons. The summed E-state index contributed by atoms with van der Waals surface area (Å²) in [6, 6.07) is 60.4. The number of hydrogen-bond donors (Lipinski definition) is 0. The Morgan fingerprint density at radius 2 is 1.09 bits per heavy atom. The van der Waals surface area contributed by atoms with E-state index < -0.39 is 11.1 Å². The fourth-order valence-corrected chi connectivity index (χ4v) is 11.0. The summed E-state index contributed by atoms with van der Waals surface area (Å²) in [7, 11) is 0. The molecular weight excluding hydrogens is 779 g/mol. The van der Waals surface area contributed by atoms with Gasteiger partial charge >= 0.3 is 0 Å². The molecule has 0 aliphatic carbocycles. The van der Waals surface area contributed by atoms with Gasteiger partial charge < -0.3 is 9.47 Å². The largest absolute Gasteiger partial charge is 0.318 e. The molecule has 0 saturated heterocycles. The first-order valence-corrected chi connectivity index (χ1v) is 22.5. The van der Waals surface area contributed by atoms with Crippen LogP contribution in [0.1, 0.15) is 71.2 Å². The van der Waals surface area contributed by atoms with Gasteiger partial charge in [0.1, 0.15) is 11.5 Å². The standard InChI is InChI=1S/C59H53N5/c1-37-24-28-51-49(33-37)47-27-26-45(63-52-29-25-38(2)34-50(52)48-23-16-30-60-57(48)63)36-53(47)62(51)46-32-39(3)31-44(35-46)56-61-59(8,58(6,7)64(56)55-40(4)17-15-18-41(55)5)54(42-19-11-9-12-20-42)43-21-13-10-14-22-43/h9-36,54H,1-8H3/t59-/m1/s1. The molecule has 10 aromatic rings. The van der Waals surface area contributed by atoms with E-state index in [2.05, 4.69) is 227 Å². The molecular formula is C59H53N5. The van der Waals surface area contributed by atoms with Crippen LogP contribution in [0.15, 0.2) is 175 Å². The summed E-state index contributed by atoms with van der Waals surface area (Å²) in [5, 5.41) is 4.82. The lowest BCUT2D eigenvalue weighted by atomic mass is 9.67. The van der Waals surface area contributed by atoms with E-state index in [1.54, 1.807) is 0 Å². The van der Waals surface area contributed by atoms with E-state index in [1.807, 2.05) is 12.3 Å². The summed E-state index contributed by atoms with van der Waals surface area (Å²) in [6.07, 6.45) is 1.90. The van der Waals surface area contributed by atoms with Gasteiger partial charge in [0, 0.05) is 56.3 Å². The number of nitrogens with zero attached hydrogens (tertiary/aromatic N) is 5. The number of para-hydroxylation sites is 1. The number of fused-ring (bicyclic) bond motifs is 6. The Labute approximate surface area is 376 Å². The molecule has 0 fully saturated rings. The fraction of sp³-hybridized carbons (Fsp3) is 0.186. The quantitative estimate of drug-likeness (QED) is 0.160. The third kappa shape index (κ3) is 5.97. The highest BCUT2D eigenvalue weighted by Crippen LogP contribution is 2.53. The van der Waals surface area contributed by atoms with E-state index in [0.717, 1.165) is 44.8 Å². The maximum Gasteiger partial charge on any atom is 0.145 e. The Bertz CT molecular complexity index is 3440. The average molecular weight is 832 g/mol. The summed E-state index contributed by atoms with van der Waals surface area (Å²) in [5.74, 6) is 0.965. The van der Waals surface area contributed by atoms with Crippen molar-refractivity contribution in [3.63, 3.8) is 0 Å². The summed E-state index contributed by atoms with van der Waals surface area (Å²) in [6.45, 7) is 18.2. The lowest BCUT2D eigenvalue weighted by Gasteiger charge is -2.48. The maximum absolute atomic E-state index is 6.07. The van der Waals surface area contributed by atoms with Gasteiger partial charge in [-0.25, -0.2) is 4.98 Å². The molecule has 11 rings (SSSR count). The molecule has 0 spiro atoms. The van der Waals surface area contributed by atoms with E-state index in [4.69, 9.17) is 9.98 Å². The zero-order chi connectivity index (χ0) is 44.1. The number of rotatable bonds is 7. The summed E-state index contributed by atoms with van der Waals surface area (Å²) in [4.78, 5) is 13.6. The Morgan fingerprint density at radius 1 is 0.469 bits per heavy atom. The van der Waals surface area contributed by atoms with Crippen molar-refractivity contribution in [2.24, 2.45) is 4.99 Å². The first-order valence-electron chi connectivity index (χ1n) is 22.5.